The molecule has 1 saturated carbocycles. The van der Waals surface area contributed by atoms with Gasteiger partial charge in [-0.05, 0) is 31.1 Å². The molecule has 0 radical (unpaired) electrons. The zero-order valence-electron chi connectivity index (χ0n) is 13.7. The quantitative estimate of drug-likeness (QED) is 0.673. The Kier molecular flexibility index (Phi) is 7.12. The lowest BCUT2D eigenvalue weighted by atomic mass is 9.87. The van der Waals surface area contributed by atoms with Gasteiger partial charge < -0.3 is 5.32 Å². The normalized spacial score (nSPS) is 19.3. The molecule has 1 aromatic carbocycles. The van der Waals surface area contributed by atoms with Crippen LogP contribution in [0.2, 0.25) is 0 Å². The molecule has 2 heteroatoms. The summed E-state index contributed by atoms with van der Waals surface area (Å²) in [6.45, 7) is 3.45. The van der Waals surface area contributed by atoms with E-state index in [0.29, 0.717) is 10.8 Å². The van der Waals surface area contributed by atoms with Gasteiger partial charge in [0.2, 0.25) is 0 Å². The van der Waals surface area contributed by atoms with Crippen LogP contribution in [-0.2, 0) is 0 Å². The van der Waals surface area contributed by atoms with Gasteiger partial charge >= 0.3 is 0 Å². The highest BCUT2D eigenvalue weighted by molar-refractivity contribution is 8.00. The van der Waals surface area contributed by atoms with Gasteiger partial charge in [0, 0.05) is 17.3 Å². The fourth-order valence-corrected chi connectivity index (χ4v) is 4.36. The highest BCUT2D eigenvalue weighted by Crippen LogP contribution is 2.38. The van der Waals surface area contributed by atoms with Crippen LogP contribution >= 0.6 is 11.8 Å². The van der Waals surface area contributed by atoms with Crippen LogP contribution in [0.25, 0.3) is 0 Å². The molecule has 118 valence electrons. The van der Waals surface area contributed by atoms with Crippen LogP contribution in [0, 0.1) is 0 Å². The summed E-state index contributed by atoms with van der Waals surface area (Å²) >= 11 is 2.09. The second-order valence-electron chi connectivity index (χ2n) is 6.43. The zero-order valence-corrected chi connectivity index (χ0v) is 14.6. The zero-order chi connectivity index (χ0) is 15.0. The molecular weight excluding hydrogens is 274 g/mol. The average Bonchev–Trinajstić information content (AvgIpc) is 2.56. The largest absolute Gasteiger partial charge is 0.309 e. The smallest absolute Gasteiger partial charge is 0.0320 e. The van der Waals surface area contributed by atoms with Gasteiger partial charge in [-0.3, -0.25) is 0 Å². The van der Waals surface area contributed by atoms with E-state index in [2.05, 4.69) is 60.6 Å². The van der Waals surface area contributed by atoms with Crippen molar-refractivity contribution in [3.8, 4) is 0 Å². The summed E-state index contributed by atoms with van der Waals surface area (Å²) in [6, 6.07) is 11.5. The second kappa shape index (κ2) is 8.85. The van der Waals surface area contributed by atoms with Crippen LogP contribution in [0.5, 0.6) is 0 Å². The number of hydrogen-bond acceptors (Lipinski definition) is 2. The van der Waals surface area contributed by atoms with Gasteiger partial charge in [-0.2, -0.15) is 11.8 Å². The van der Waals surface area contributed by atoms with Crippen molar-refractivity contribution in [3.63, 3.8) is 0 Å². The number of benzene rings is 1. The number of thioether (sulfide) groups is 1. The molecule has 1 fully saturated rings. The van der Waals surface area contributed by atoms with E-state index in [0.717, 1.165) is 6.54 Å². The van der Waals surface area contributed by atoms with E-state index < -0.39 is 0 Å². The van der Waals surface area contributed by atoms with Crippen LogP contribution in [0.4, 0.5) is 0 Å². The van der Waals surface area contributed by atoms with Crippen molar-refractivity contribution >= 4 is 11.8 Å². The first kappa shape index (κ1) is 16.9. The standard InChI is InChI=1S/C19H31NS/c1-3-4-13-18(17-11-7-5-8-12-17)20-16-19(21-2)14-9-6-10-15-19/h5,7-8,11-12,18,20H,3-4,6,9-10,13-16H2,1-2H3. The lowest BCUT2D eigenvalue weighted by Crippen LogP contribution is -2.40. The maximum atomic E-state index is 3.91. The predicted molar refractivity (Wildman–Crippen MR) is 96.0 cm³/mol. The van der Waals surface area contributed by atoms with Crippen molar-refractivity contribution in [2.75, 3.05) is 12.8 Å². The number of hydrogen-bond donors (Lipinski definition) is 1. The van der Waals surface area contributed by atoms with Gasteiger partial charge in [-0.15, -0.1) is 0 Å². The molecule has 0 aliphatic heterocycles. The second-order valence-corrected chi connectivity index (χ2v) is 7.71. The minimum absolute atomic E-state index is 0.484. The van der Waals surface area contributed by atoms with Gasteiger partial charge in [-0.1, -0.05) is 69.4 Å². The van der Waals surface area contributed by atoms with Gasteiger partial charge in [0.15, 0.2) is 0 Å². The molecular formula is C19H31NS. The molecule has 1 aliphatic rings. The Bertz CT molecular complexity index is 384. The molecule has 1 N–H and O–H groups in total. The fraction of sp³-hybridized carbons (Fsp3) is 0.684. The van der Waals surface area contributed by atoms with E-state index in [4.69, 9.17) is 0 Å². The summed E-state index contributed by atoms with van der Waals surface area (Å²) < 4.78 is 0.484. The van der Waals surface area contributed by atoms with E-state index in [1.165, 1.54) is 56.9 Å². The highest BCUT2D eigenvalue weighted by Gasteiger charge is 2.31. The number of rotatable bonds is 8. The topological polar surface area (TPSA) is 12.0 Å². The Balaban J connectivity index is 1.97. The third-order valence-electron chi connectivity index (χ3n) is 4.92. The van der Waals surface area contributed by atoms with E-state index >= 15 is 0 Å². The molecule has 2 rings (SSSR count). The van der Waals surface area contributed by atoms with Crippen LogP contribution in [0.3, 0.4) is 0 Å². The van der Waals surface area contributed by atoms with Crippen molar-refractivity contribution < 1.29 is 0 Å². The average molecular weight is 306 g/mol. The van der Waals surface area contributed by atoms with Gasteiger partial charge in [-0.25, -0.2) is 0 Å². The van der Waals surface area contributed by atoms with Gasteiger partial charge in [0.1, 0.15) is 0 Å². The summed E-state index contributed by atoms with van der Waals surface area (Å²) in [7, 11) is 0. The third kappa shape index (κ3) is 5.03. The lowest BCUT2D eigenvalue weighted by molar-refractivity contribution is 0.355. The Hall–Kier alpha value is -0.470. The molecule has 0 aromatic heterocycles. The predicted octanol–water partition coefficient (Wildman–Crippen LogP) is 5.57. The minimum Gasteiger partial charge on any atom is -0.309 e. The lowest BCUT2D eigenvalue weighted by Gasteiger charge is -2.37. The van der Waals surface area contributed by atoms with Crippen molar-refractivity contribution in [3.05, 3.63) is 35.9 Å². The SMILES string of the molecule is CCCCC(NCC1(SC)CCCCC1)c1ccccc1. The Morgan fingerprint density at radius 3 is 2.48 bits per heavy atom. The van der Waals surface area contributed by atoms with Crippen molar-refractivity contribution in [1.82, 2.24) is 5.32 Å². The Morgan fingerprint density at radius 1 is 1.14 bits per heavy atom. The molecule has 0 spiro atoms. The van der Waals surface area contributed by atoms with Crippen LogP contribution in [-0.4, -0.2) is 17.5 Å². The first-order valence-electron chi connectivity index (χ1n) is 8.63. The van der Waals surface area contributed by atoms with Crippen LogP contribution < -0.4 is 5.32 Å². The molecule has 1 unspecified atom stereocenters. The minimum atomic E-state index is 0.484. The van der Waals surface area contributed by atoms with Crippen LogP contribution in [0.1, 0.15) is 69.9 Å². The van der Waals surface area contributed by atoms with Gasteiger partial charge in [0.05, 0.1) is 0 Å². The van der Waals surface area contributed by atoms with Crippen LogP contribution in [0.15, 0.2) is 30.3 Å². The molecule has 0 amide bonds. The number of nitrogens with one attached hydrogen (secondary N) is 1. The molecule has 1 nitrogen and oxygen atoms in total. The molecule has 1 atom stereocenters. The maximum absolute atomic E-state index is 3.91. The van der Waals surface area contributed by atoms with Crippen molar-refractivity contribution in [2.45, 2.75) is 69.1 Å². The monoisotopic (exact) mass is 305 g/mol. The third-order valence-corrected chi connectivity index (χ3v) is 6.34. The molecule has 1 aliphatic carbocycles. The first-order valence-corrected chi connectivity index (χ1v) is 9.85. The summed E-state index contributed by atoms with van der Waals surface area (Å²) in [4.78, 5) is 0. The highest BCUT2D eigenvalue weighted by atomic mass is 32.2. The van der Waals surface area contributed by atoms with Gasteiger partial charge in [0.25, 0.3) is 0 Å². The Morgan fingerprint density at radius 2 is 1.86 bits per heavy atom. The molecule has 0 saturated heterocycles. The molecule has 0 bridgehead atoms. The summed E-state index contributed by atoms with van der Waals surface area (Å²) in [5.41, 5.74) is 1.46. The fourth-order valence-electron chi connectivity index (χ4n) is 3.44. The maximum Gasteiger partial charge on any atom is 0.0320 e. The summed E-state index contributed by atoms with van der Waals surface area (Å²) in [5, 5.41) is 3.91. The van der Waals surface area contributed by atoms with E-state index in [1.807, 2.05) is 0 Å². The van der Waals surface area contributed by atoms with Crippen molar-refractivity contribution in [1.29, 1.82) is 0 Å². The van der Waals surface area contributed by atoms with E-state index in [1.54, 1.807) is 0 Å². The van der Waals surface area contributed by atoms with E-state index in [-0.39, 0.29) is 0 Å². The molecule has 21 heavy (non-hydrogen) atoms. The molecule has 1 aromatic rings. The summed E-state index contributed by atoms with van der Waals surface area (Å²) in [5.74, 6) is 0. The first-order chi connectivity index (χ1) is 10.3. The Labute approximate surface area is 135 Å². The van der Waals surface area contributed by atoms with Crippen molar-refractivity contribution in [2.24, 2.45) is 0 Å². The summed E-state index contributed by atoms with van der Waals surface area (Å²) in [6.07, 6.45) is 13.2. The molecule has 0 heterocycles. The van der Waals surface area contributed by atoms with E-state index in [9.17, 15) is 0 Å². The number of unbranched alkanes of at least 4 members (excludes halogenated alkanes) is 1.